The van der Waals surface area contributed by atoms with Gasteiger partial charge >= 0.3 is 5.63 Å². The number of hydrogen-bond donors (Lipinski definition) is 2. The number of allylic oxidation sites excluding steroid dienone is 4. The summed E-state index contributed by atoms with van der Waals surface area (Å²) in [4.78, 5) is 11.4. The molecule has 122 valence electrons. The fourth-order valence-electron chi connectivity index (χ4n) is 2.45. The highest BCUT2D eigenvalue weighted by molar-refractivity contribution is 5.90. The Labute approximate surface area is 135 Å². The van der Waals surface area contributed by atoms with Gasteiger partial charge in [-0.3, -0.25) is 0 Å². The molecule has 0 spiro atoms. The minimum Gasteiger partial charge on any atom is -0.504 e. The van der Waals surface area contributed by atoms with E-state index in [1.807, 2.05) is 39.8 Å². The molecule has 1 heterocycles. The molecule has 2 N–H and O–H groups in total. The third-order valence-corrected chi connectivity index (χ3v) is 3.68. The van der Waals surface area contributed by atoms with Crippen LogP contribution in [0.2, 0.25) is 0 Å². The first-order valence-electron chi connectivity index (χ1n) is 7.57. The van der Waals surface area contributed by atoms with E-state index in [-0.39, 0.29) is 17.1 Å². The van der Waals surface area contributed by atoms with Crippen molar-refractivity contribution >= 4 is 11.0 Å². The van der Waals surface area contributed by atoms with E-state index in [0.29, 0.717) is 23.8 Å². The van der Waals surface area contributed by atoms with Crippen molar-refractivity contribution in [2.75, 3.05) is 0 Å². The summed E-state index contributed by atoms with van der Waals surface area (Å²) in [6, 6.07) is 2.97. The first-order chi connectivity index (χ1) is 10.8. The molecule has 0 saturated heterocycles. The number of rotatable bonds is 4. The van der Waals surface area contributed by atoms with Crippen LogP contribution in [-0.2, 0) is 12.8 Å². The van der Waals surface area contributed by atoms with Gasteiger partial charge in [-0.25, -0.2) is 4.79 Å². The van der Waals surface area contributed by atoms with Crippen molar-refractivity contribution in [1.82, 2.24) is 0 Å². The zero-order chi connectivity index (χ0) is 17.1. The predicted octanol–water partition coefficient (Wildman–Crippen LogP) is 4.22. The van der Waals surface area contributed by atoms with Crippen LogP contribution in [0.5, 0.6) is 11.5 Å². The summed E-state index contributed by atoms with van der Waals surface area (Å²) < 4.78 is 5.10. The molecule has 0 amide bonds. The molecule has 0 bridgehead atoms. The zero-order valence-electron chi connectivity index (χ0n) is 13.9. The Balaban J connectivity index is 2.80. The maximum absolute atomic E-state index is 11.4. The molecule has 1 aromatic heterocycles. The van der Waals surface area contributed by atoms with Crippen LogP contribution in [-0.4, -0.2) is 10.2 Å². The molecule has 23 heavy (non-hydrogen) atoms. The molecular formula is C19H22O4. The standard InChI is InChI=1S/C19H22O4/c1-11(2)5-7-13-14(8-6-12(3)4)17(21)18(22)19-15(13)9-10-16(20)23-19/h5-6,9-10,21-22H,7-8H2,1-4H3. The summed E-state index contributed by atoms with van der Waals surface area (Å²) in [6.45, 7) is 7.95. The van der Waals surface area contributed by atoms with Crippen molar-refractivity contribution in [1.29, 1.82) is 0 Å². The van der Waals surface area contributed by atoms with Crippen molar-refractivity contribution in [2.24, 2.45) is 0 Å². The van der Waals surface area contributed by atoms with Crippen LogP contribution in [0.15, 0.2) is 44.6 Å². The highest BCUT2D eigenvalue weighted by Gasteiger charge is 2.19. The summed E-state index contributed by atoms with van der Waals surface area (Å²) in [7, 11) is 0. The van der Waals surface area contributed by atoms with Gasteiger partial charge in [0.15, 0.2) is 11.3 Å². The first kappa shape index (κ1) is 16.9. The van der Waals surface area contributed by atoms with Crippen molar-refractivity contribution < 1.29 is 14.6 Å². The van der Waals surface area contributed by atoms with Gasteiger partial charge in [-0.2, -0.15) is 0 Å². The Kier molecular flexibility index (Phi) is 4.94. The second kappa shape index (κ2) is 6.73. The lowest BCUT2D eigenvalue weighted by Gasteiger charge is -2.14. The molecule has 0 saturated carbocycles. The van der Waals surface area contributed by atoms with Gasteiger partial charge in [-0.05, 0) is 52.2 Å². The number of aromatic hydroxyl groups is 2. The number of fused-ring (bicyclic) bond motifs is 1. The van der Waals surface area contributed by atoms with E-state index >= 15 is 0 Å². The Bertz CT molecular complexity index is 846. The fourth-order valence-corrected chi connectivity index (χ4v) is 2.45. The maximum Gasteiger partial charge on any atom is 0.336 e. The molecule has 0 aliphatic rings. The van der Waals surface area contributed by atoms with Gasteiger partial charge in [-0.15, -0.1) is 0 Å². The predicted molar refractivity (Wildman–Crippen MR) is 92.1 cm³/mol. The minimum absolute atomic E-state index is 0.0353. The topological polar surface area (TPSA) is 70.7 Å². The van der Waals surface area contributed by atoms with Gasteiger partial charge in [0.25, 0.3) is 0 Å². The third kappa shape index (κ3) is 3.65. The van der Waals surface area contributed by atoms with Gasteiger partial charge in [0.1, 0.15) is 0 Å². The smallest absolute Gasteiger partial charge is 0.336 e. The number of phenolic OH excluding ortho intramolecular Hbond substituents is 2. The van der Waals surface area contributed by atoms with E-state index in [2.05, 4.69) is 0 Å². The Morgan fingerprint density at radius 1 is 0.957 bits per heavy atom. The second-order valence-corrected chi connectivity index (χ2v) is 6.12. The van der Waals surface area contributed by atoms with E-state index < -0.39 is 5.63 Å². The van der Waals surface area contributed by atoms with Gasteiger partial charge in [0.2, 0.25) is 5.75 Å². The van der Waals surface area contributed by atoms with E-state index in [4.69, 9.17) is 4.42 Å². The van der Waals surface area contributed by atoms with Gasteiger partial charge in [-0.1, -0.05) is 23.3 Å². The van der Waals surface area contributed by atoms with E-state index in [1.165, 1.54) is 6.07 Å². The second-order valence-electron chi connectivity index (χ2n) is 6.12. The molecule has 0 atom stereocenters. The van der Waals surface area contributed by atoms with Crippen molar-refractivity contribution in [3.8, 4) is 11.5 Å². The van der Waals surface area contributed by atoms with E-state index in [9.17, 15) is 15.0 Å². The van der Waals surface area contributed by atoms with Gasteiger partial charge < -0.3 is 14.6 Å². The number of hydrogen-bond acceptors (Lipinski definition) is 4. The molecule has 4 nitrogen and oxygen atoms in total. The minimum atomic E-state index is -0.558. The van der Waals surface area contributed by atoms with Crippen LogP contribution < -0.4 is 5.63 Å². The lowest BCUT2D eigenvalue weighted by molar-refractivity contribution is 0.394. The van der Waals surface area contributed by atoms with Crippen LogP contribution in [0.25, 0.3) is 11.0 Å². The van der Waals surface area contributed by atoms with Gasteiger partial charge in [0.05, 0.1) is 0 Å². The SMILES string of the molecule is CC(C)=CCc1c(O)c(O)c2oc(=O)ccc2c1CC=C(C)C. The highest BCUT2D eigenvalue weighted by Crippen LogP contribution is 2.40. The Morgan fingerprint density at radius 3 is 2.09 bits per heavy atom. The lowest BCUT2D eigenvalue weighted by Crippen LogP contribution is -2.01. The third-order valence-electron chi connectivity index (χ3n) is 3.68. The molecule has 0 aliphatic heterocycles. The molecule has 1 aromatic carbocycles. The molecule has 2 rings (SSSR count). The summed E-state index contributed by atoms with van der Waals surface area (Å²) in [5.74, 6) is -0.600. The largest absolute Gasteiger partial charge is 0.504 e. The highest BCUT2D eigenvalue weighted by atomic mass is 16.4. The van der Waals surface area contributed by atoms with Crippen LogP contribution >= 0.6 is 0 Å². The quantitative estimate of drug-likeness (QED) is 0.503. The Morgan fingerprint density at radius 2 is 1.52 bits per heavy atom. The normalized spacial score (nSPS) is 10.6. The average Bonchev–Trinajstić information content (AvgIpc) is 2.48. The van der Waals surface area contributed by atoms with Gasteiger partial charge in [0, 0.05) is 17.0 Å². The molecule has 0 unspecified atom stereocenters. The Hall–Kier alpha value is -2.49. The molecule has 2 aromatic rings. The van der Waals surface area contributed by atoms with Crippen molar-refractivity contribution in [3.05, 3.63) is 57.0 Å². The summed E-state index contributed by atoms with van der Waals surface area (Å²) >= 11 is 0. The van der Waals surface area contributed by atoms with Crippen LogP contribution in [0, 0.1) is 0 Å². The average molecular weight is 314 g/mol. The molecule has 0 radical (unpaired) electrons. The summed E-state index contributed by atoms with van der Waals surface area (Å²) in [6.07, 6.45) is 5.13. The number of phenols is 2. The molecular weight excluding hydrogens is 292 g/mol. The van der Waals surface area contributed by atoms with Crippen LogP contribution in [0.1, 0.15) is 38.8 Å². The fraction of sp³-hybridized carbons (Fsp3) is 0.316. The number of benzene rings is 1. The lowest BCUT2D eigenvalue weighted by atomic mass is 9.94. The van der Waals surface area contributed by atoms with E-state index in [1.54, 1.807) is 6.07 Å². The van der Waals surface area contributed by atoms with Crippen LogP contribution in [0.3, 0.4) is 0 Å². The molecule has 0 aliphatic carbocycles. The monoisotopic (exact) mass is 314 g/mol. The van der Waals surface area contributed by atoms with Crippen molar-refractivity contribution in [2.45, 2.75) is 40.5 Å². The first-order valence-corrected chi connectivity index (χ1v) is 7.57. The maximum atomic E-state index is 11.4. The van der Waals surface area contributed by atoms with E-state index in [0.717, 1.165) is 16.7 Å². The zero-order valence-corrected chi connectivity index (χ0v) is 13.9. The molecule has 0 fully saturated rings. The summed E-state index contributed by atoms with van der Waals surface area (Å²) in [5, 5.41) is 21.2. The molecule has 4 heteroatoms. The van der Waals surface area contributed by atoms with Crippen LogP contribution in [0.4, 0.5) is 0 Å². The van der Waals surface area contributed by atoms with Crippen molar-refractivity contribution in [3.63, 3.8) is 0 Å². The summed E-state index contributed by atoms with van der Waals surface area (Å²) in [5.41, 5.74) is 3.26.